The Labute approximate surface area is 181 Å². The Hall–Kier alpha value is -3.02. The summed E-state index contributed by atoms with van der Waals surface area (Å²) < 4.78 is 27.1. The molecule has 3 N–H and O–H groups in total. The monoisotopic (exact) mass is 449 g/mol. The first-order valence-corrected chi connectivity index (χ1v) is 11.1. The Balaban J connectivity index is 1.96. The predicted octanol–water partition coefficient (Wildman–Crippen LogP) is 1.21. The second-order valence-electron chi connectivity index (χ2n) is 7.08. The second kappa shape index (κ2) is 11.4. The molecule has 0 spiro atoms. The van der Waals surface area contributed by atoms with Crippen molar-refractivity contribution in [3.8, 4) is 0 Å². The van der Waals surface area contributed by atoms with Gasteiger partial charge >= 0.3 is 0 Å². The Morgan fingerprint density at radius 3 is 2.45 bits per heavy atom. The average Bonchev–Trinajstić information content (AvgIpc) is 2.72. The number of carbonyl (C=O) groups excluding carboxylic acids is 1. The zero-order valence-corrected chi connectivity index (χ0v) is 18.3. The van der Waals surface area contributed by atoms with Crippen LogP contribution >= 0.6 is 0 Å². The van der Waals surface area contributed by atoms with Crippen LogP contribution in [-0.4, -0.2) is 64.4 Å². The van der Waals surface area contributed by atoms with Gasteiger partial charge in [-0.1, -0.05) is 30.3 Å². The van der Waals surface area contributed by atoms with Crippen molar-refractivity contribution in [2.45, 2.75) is 11.3 Å². The van der Waals surface area contributed by atoms with E-state index < -0.39 is 20.6 Å². The summed E-state index contributed by atoms with van der Waals surface area (Å²) in [5.41, 5.74) is 0.727. The number of nitro groups is 1. The summed E-state index contributed by atoms with van der Waals surface area (Å²) in [6.07, 6.45) is 0.667. The number of nitro benzene ring substituents is 1. The van der Waals surface area contributed by atoms with E-state index in [9.17, 15) is 23.3 Å². The smallest absolute Gasteiger partial charge is 0.293 e. The van der Waals surface area contributed by atoms with Crippen molar-refractivity contribution >= 4 is 27.3 Å². The number of likely N-dealkylation sites (N-methyl/N-ethyl adjacent to an activating group) is 1. The van der Waals surface area contributed by atoms with E-state index in [0.29, 0.717) is 19.5 Å². The van der Waals surface area contributed by atoms with Gasteiger partial charge < -0.3 is 15.5 Å². The lowest BCUT2D eigenvalue weighted by Crippen LogP contribution is -2.32. The van der Waals surface area contributed by atoms with Crippen molar-refractivity contribution in [3.05, 3.63) is 64.2 Å². The first-order valence-electron chi connectivity index (χ1n) is 9.66. The molecule has 168 valence electrons. The zero-order chi connectivity index (χ0) is 22.9. The molecule has 0 saturated heterocycles. The molecule has 0 aliphatic heterocycles. The minimum absolute atomic E-state index is 0.0652. The molecule has 0 aromatic heterocycles. The molecule has 0 atom stereocenters. The Morgan fingerprint density at radius 1 is 1.10 bits per heavy atom. The van der Waals surface area contributed by atoms with Gasteiger partial charge in [0.1, 0.15) is 5.69 Å². The molecule has 2 aromatic rings. The molecule has 0 aliphatic rings. The third-order valence-corrected chi connectivity index (χ3v) is 5.80. The lowest BCUT2D eigenvalue weighted by atomic mass is 10.1. The van der Waals surface area contributed by atoms with Crippen LogP contribution in [0, 0.1) is 10.1 Å². The lowest BCUT2D eigenvalue weighted by molar-refractivity contribution is -0.384. The molecule has 2 aromatic carbocycles. The zero-order valence-electron chi connectivity index (χ0n) is 17.5. The summed E-state index contributed by atoms with van der Waals surface area (Å²) in [5, 5.41) is 16.9. The highest BCUT2D eigenvalue weighted by Crippen LogP contribution is 2.27. The normalized spacial score (nSPS) is 11.3. The van der Waals surface area contributed by atoms with Crippen molar-refractivity contribution in [2.24, 2.45) is 0 Å². The molecule has 11 heteroatoms. The van der Waals surface area contributed by atoms with Crippen LogP contribution in [0.15, 0.2) is 53.4 Å². The van der Waals surface area contributed by atoms with E-state index in [1.807, 2.05) is 35.2 Å². The fraction of sp³-hybridized carbons (Fsp3) is 0.350. The molecule has 0 unspecified atom stereocenters. The van der Waals surface area contributed by atoms with Gasteiger partial charge in [-0.3, -0.25) is 14.9 Å². The van der Waals surface area contributed by atoms with Crippen LogP contribution in [-0.2, 0) is 21.2 Å². The van der Waals surface area contributed by atoms with Gasteiger partial charge in [-0.2, -0.15) is 0 Å². The van der Waals surface area contributed by atoms with Crippen molar-refractivity contribution in [2.75, 3.05) is 45.6 Å². The molecule has 1 amide bonds. The standard InChI is InChI=1S/C20H27N5O5S/c1-24(2)13-12-23-31(29,30)17-8-9-18(19(14-17)25(27)28)22-15-20(26)21-11-10-16-6-4-3-5-7-16/h3-9,14,22-23H,10-13,15H2,1-2H3,(H,21,26). The number of hydrogen-bond acceptors (Lipinski definition) is 7. The molecule has 0 saturated carbocycles. The van der Waals surface area contributed by atoms with Gasteiger partial charge in [0, 0.05) is 25.7 Å². The number of hydrogen-bond donors (Lipinski definition) is 3. The molecule has 0 heterocycles. The molecule has 10 nitrogen and oxygen atoms in total. The highest BCUT2D eigenvalue weighted by atomic mass is 32.2. The third-order valence-electron chi connectivity index (χ3n) is 4.35. The van der Waals surface area contributed by atoms with Crippen LogP contribution in [0.2, 0.25) is 0 Å². The van der Waals surface area contributed by atoms with Crippen LogP contribution in [0.1, 0.15) is 5.56 Å². The van der Waals surface area contributed by atoms with E-state index in [-0.39, 0.29) is 29.6 Å². The number of sulfonamides is 1. The van der Waals surface area contributed by atoms with Gasteiger partial charge in [-0.05, 0) is 38.2 Å². The number of rotatable bonds is 12. The quantitative estimate of drug-likeness (QED) is 0.327. The van der Waals surface area contributed by atoms with E-state index in [1.54, 1.807) is 14.1 Å². The maximum absolute atomic E-state index is 12.4. The van der Waals surface area contributed by atoms with Crippen LogP contribution in [0.4, 0.5) is 11.4 Å². The number of nitrogens with zero attached hydrogens (tertiary/aromatic N) is 2. The van der Waals surface area contributed by atoms with E-state index in [1.165, 1.54) is 12.1 Å². The Morgan fingerprint density at radius 2 is 1.81 bits per heavy atom. The van der Waals surface area contributed by atoms with Crippen molar-refractivity contribution in [1.29, 1.82) is 0 Å². The van der Waals surface area contributed by atoms with Gasteiger partial charge in [-0.25, -0.2) is 13.1 Å². The summed E-state index contributed by atoms with van der Waals surface area (Å²) in [6.45, 7) is 0.915. The van der Waals surface area contributed by atoms with Gasteiger partial charge in [0.15, 0.2) is 0 Å². The molecule has 0 radical (unpaired) electrons. The van der Waals surface area contributed by atoms with Gasteiger partial charge in [-0.15, -0.1) is 0 Å². The van der Waals surface area contributed by atoms with Gasteiger partial charge in [0.05, 0.1) is 16.4 Å². The van der Waals surface area contributed by atoms with Crippen LogP contribution in [0.25, 0.3) is 0 Å². The molecular weight excluding hydrogens is 422 g/mol. The lowest BCUT2D eigenvalue weighted by Gasteiger charge is -2.12. The summed E-state index contributed by atoms with van der Waals surface area (Å²) in [6, 6.07) is 13.2. The number of benzene rings is 2. The maximum Gasteiger partial charge on any atom is 0.293 e. The molecule has 0 aliphatic carbocycles. The van der Waals surface area contributed by atoms with E-state index in [2.05, 4.69) is 15.4 Å². The Kier molecular flexibility index (Phi) is 8.91. The highest BCUT2D eigenvalue weighted by Gasteiger charge is 2.21. The largest absolute Gasteiger partial charge is 0.371 e. The molecular formula is C20H27N5O5S. The van der Waals surface area contributed by atoms with E-state index in [4.69, 9.17) is 0 Å². The summed E-state index contributed by atoms with van der Waals surface area (Å²) >= 11 is 0. The van der Waals surface area contributed by atoms with Crippen molar-refractivity contribution < 1.29 is 18.1 Å². The summed E-state index contributed by atoms with van der Waals surface area (Å²) in [7, 11) is -0.281. The van der Waals surface area contributed by atoms with Crippen LogP contribution < -0.4 is 15.4 Å². The predicted molar refractivity (Wildman–Crippen MR) is 118 cm³/mol. The fourth-order valence-corrected chi connectivity index (χ4v) is 3.74. The van der Waals surface area contributed by atoms with E-state index >= 15 is 0 Å². The number of carbonyl (C=O) groups is 1. The second-order valence-corrected chi connectivity index (χ2v) is 8.84. The fourth-order valence-electron chi connectivity index (χ4n) is 2.70. The van der Waals surface area contributed by atoms with Gasteiger partial charge in [0.2, 0.25) is 15.9 Å². The molecule has 0 bridgehead atoms. The summed E-state index contributed by atoms with van der Waals surface area (Å²) in [4.78, 5) is 24.4. The SMILES string of the molecule is CN(C)CCNS(=O)(=O)c1ccc(NCC(=O)NCCc2ccccc2)c([N+](=O)[O-])c1. The van der Waals surface area contributed by atoms with Crippen LogP contribution in [0.3, 0.4) is 0 Å². The number of amides is 1. The molecule has 2 rings (SSSR count). The van der Waals surface area contributed by atoms with Gasteiger partial charge in [0.25, 0.3) is 5.69 Å². The molecule has 31 heavy (non-hydrogen) atoms. The minimum Gasteiger partial charge on any atom is -0.371 e. The Bertz CT molecular complexity index is 996. The number of nitrogens with one attached hydrogen (secondary N) is 3. The summed E-state index contributed by atoms with van der Waals surface area (Å²) in [5.74, 6) is -0.327. The maximum atomic E-state index is 12.4. The topological polar surface area (TPSA) is 134 Å². The first-order chi connectivity index (χ1) is 14.7. The first kappa shape index (κ1) is 24.3. The van der Waals surface area contributed by atoms with E-state index in [0.717, 1.165) is 11.6 Å². The highest BCUT2D eigenvalue weighted by molar-refractivity contribution is 7.89. The van der Waals surface area contributed by atoms with Crippen molar-refractivity contribution in [3.63, 3.8) is 0 Å². The average molecular weight is 450 g/mol. The number of anilines is 1. The van der Waals surface area contributed by atoms with Crippen LogP contribution in [0.5, 0.6) is 0 Å². The van der Waals surface area contributed by atoms with Crippen molar-refractivity contribution in [1.82, 2.24) is 14.9 Å². The minimum atomic E-state index is -3.89. The molecule has 0 fully saturated rings. The third kappa shape index (κ3) is 7.96.